The van der Waals surface area contributed by atoms with Crippen molar-refractivity contribution in [1.29, 1.82) is 0 Å². The number of hydrogen-bond acceptors (Lipinski definition) is 3. The Hall–Kier alpha value is -3.08. The fourth-order valence-corrected chi connectivity index (χ4v) is 3.24. The number of rotatable bonds is 7. The number of para-hydroxylation sites is 1. The van der Waals surface area contributed by atoms with E-state index in [0.29, 0.717) is 19.1 Å². The number of aromatic nitrogens is 2. The van der Waals surface area contributed by atoms with Gasteiger partial charge in [0, 0.05) is 25.7 Å². The highest BCUT2D eigenvalue weighted by Crippen LogP contribution is 2.47. The molecule has 1 aliphatic carbocycles. The van der Waals surface area contributed by atoms with E-state index in [2.05, 4.69) is 10.4 Å². The third-order valence-corrected chi connectivity index (χ3v) is 4.92. The van der Waals surface area contributed by atoms with Gasteiger partial charge < -0.3 is 10.1 Å². The Kier molecular flexibility index (Phi) is 4.92. The first kappa shape index (κ1) is 17.3. The first-order chi connectivity index (χ1) is 13.2. The molecule has 27 heavy (non-hydrogen) atoms. The Morgan fingerprint density at radius 2 is 1.89 bits per heavy atom. The largest absolute Gasteiger partial charge is 0.489 e. The van der Waals surface area contributed by atoms with Crippen molar-refractivity contribution in [3.8, 4) is 5.75 Å². The fraction of sp³-hybridized carbons (Fsp3) is 0.273. The maximum atomic E-state index is 12.3. The molecule has 0 saturated heterocycles. The molecule has 0 aliphatic heterocycles. The van der Waals surface area contributed by atoms with Gasteiger partial charge in [-0.25, -0.2) is 0 Å². The molecule has 0 radical (unpaired) electrons. The number of hydrogen-bond donors (Lipinski definition) is 1. The predicted molar refractivity (Wildman–Crippen MR) is 103 cm³/mol. The Morgan fingerprint density at radius 3 is 2.59 bits per heavy atom. The summed E-state index contributed by atoms with van der Waals surface area (Å²) >= 11 is 0. The maximum absolute atomic E-state index is 12.3. The summed E-state index contributed by atoms with van der Waals surface area (Å²) in [6.07, 6.45) is 4.76. The number of benzene rings is 2. The van der Waals surface area contributed by atoms with Crippen molar-refractivity contribution in [3.05, 3.63) is 83.7 Å². The van der Waals surface area contributed by atoms with Crippen LogP contribution in [0.5, 0.6) is 5.75 Å². The monoisotopic (exact) mass is 361 g/mol. The van der Waals surface area contributed by atoms with E-state index < -0.39 is 0 Å². The summed E-state index contributed by atoms with van der Waals surface area (Å²) in [5.41, 5.74) is 3.35. The molecular weight excluding hydrogens is 338 g/mol. The van der Waals surface area contributed by atoms with Crippen LogP contribution in [0.25, 0.3) is 0 Å². The number of nitrogens with one attached hydrogen (secondary N) is 1. The van der Waals surface area contributed by atoms with E-state index >= 15 is 0 Å². The number of ether oxygens (including phenoxy) is 1. The number of aryl methyl sites for hydroxylation is 1. The third kappa shape index (κ3) is 4.37. The summed E-state index contributed by atoms with van der Waals surface area (Å²) in [7, 11) is 1.90. The molecule has 5 nitrogen and oxygen atoms in total. The van der Waals surface area contributed by atoms with Gasteiger partial charge in [-0.3, -0.25) is 9.48 Å². The van der Waals surface area contributed by atoms with Gasteiger partial charge in [0.15, 0.2) is 0 Å². The van der Waals surface area contributed by atoms with Crippen molar-refractivity contribution in [2.45, 2.75) is 25.5 Å². The zero-order valence-electron chi connectivity index (χ0n) is 15.3. The molecule has 1 aliphatic rings. The molecule has 4 rings (SSSR count). The van der Waals surface area contributed by atoms with Crippen LogP contribution in [0.3, 0.4) is 0 Å². The summed E-state index contributed by atoms with van der Waals surface area (Å²) in [5, 5.41) is 7.23. The normalized spacial score (nSPS) is 18.1. The van der Waals surface area contributed by atoms with E-state index in [1.807, 2.05) is 74.0 Å². The van der Waals surface area contributed by atoms with Gasteiger partial charge in [0.25, 0.3) is 0 Å². The quantitative estimate of drug-likeness (QED) is 0.702. The molecular formula is C22H23N3O2. The first-order valence-corrected chi connectivity index (χ1v) is 9.21. The van der Waals surface area contributed by atoms with Crippen LogP contribution in [0, 0.1) is 5.92 Å². The van der Waals surface area contributed by atoms with Crippen LogP contribution in [0.15, 0.2) is 67.0 Å². The summed E-state index contributed by atoms with van der Waals surface area (Å²) in [5.74, 6) is 1.38. The number of carbonyl (C=O) groups excluding carboxylic acids is 1. The van der Waals surface area contributed by atoms with Crippen molar-refractivity contribution >= 4 is 5.91 Å². The topological polar surface area (TPSA) is 56.2 Å². The van der Waals surface area contributed by atoms with Crippen molar-refractivity contribution in [2.75, 3.05) is 0 Å². The van der Waals surface area contributed by atoms with Gasteiger partial charge >= 0.3 is 0 Å². The number of nitrogens with zero attached hydrogens (tertiary/aromatic N) is 2. The highest BCUT2D eigenvalue weighted by atomic mass is 16.5. The first-order valence-electron chi connectivity index (χ1n) is 9.21. The molecule has 0 spiro atoms. The number of carbonyl (C=O) groups is 1. The summed E-state index contributed by atoms with van der Waals surface area (Å²) in [6, 6.07) is 17.9. The molecule has 1 saturated carbocycles. The maximum Gasteiger partial charge on any atom is 0.224 e. The van der Waals surface area contributed by atoms with Crippen LogP contribution in [0.4, 0.5) is 0 Å². The van der Waals surface area contributed by atoms with Gasteiger partial charge in [-0.05, 0) is 41.2 Å². The Bertz CT molecular complexity index is 903. The van der Waals surface area contributed by atoms with Gasteiger partial charge in [-0.1, -0.05) is 42.5 Å². The zero-order valence-corrected chi connectivity index (χ0v) is 15.3. The minimum Gasteiger partial charge on any atom is -0.489 e. The summed E-state index contributed by atoms with van der Waals surface area (Å²) in [6.45, 7) is 1.08. The highest BCUT2D eigenvalue weighted by molar-refractivity contribution is 5.82. The SMILES string of the molecule is Cn1cc(C2CC2C(=O)NCc2ccc(COc3ccccc3)cc2)cn1. The second kappa shape index (κ2) is 7.66. The van der Waals surface area contributed by atoms with Crippen LogP contribution < -0.4 is 10.1 Å². The van der Waals surface area contributed by atoms with Crippen LogP contribution in [0.1, 0.15) is 29.0 Å². The Morgan fingerprint density at radius 1 is 1.15 bits per heavy atom. The molecule has 2 atom stereocenters. The van der Waals surface area contributed by atoms with Crippen LogP contribution in [-0.2, 0) is 25.0 Å². The van der Waals surface area contributed by atoms with Crippen LogP contribution >= 0.6 is 0 Å². The lowest BCUT2D eigenvalue weighted by atomic mass is 10.1. The lowest BCUT2D eigenvalue weighted by molar-refractivity contribution is -0.122. The molecule has 1 aromatic heterocycles. The molecule has 1 N–H and O–H groups in total. The fourth-order valence-electron chi connectivity index (χ4n) is 3.24. The highest BCUT2D eigenvalue weighted by Gasteiger charge is 2.44. The van der Waals surface area contributed by atoms with Gasteiger partial charge in [0.2, 0.25) is 5.91 Å². The van der Waals surface area contributed by atoms with Gasteiger partial charge in [-0.2, -0.15) is 5.10 Å². The van der Waals surface area contributed by atoms with E-state index in [1.165, 1.54) is 0 Å². The van der Waals surface area contributed by atoms with Gasteiger partial charge in [0.05, 0.1) is 6.20 Å². The molecule has 1 heterocycles. The van der Waals surface area contributed by atoms with Crippen molar-refractivity contribution in [1.82, 2.24) is 15.1 Å². The Balaban J connectivity index is 1.24. The molecule has 138 valence electrons. The lowest BCUT2D eigenvalue weighted by Crippen LogP contribution is -2.24. The van der Waals surface area contributed by atoms with Gasteiger partial charge in [-0.15, -0.1) is 0 Å². The summed E-state index contributed by atoms with van der Waals surface area (Å²) in [4.78, 5) is 12.3. The zero-order chi connectivity index (χ0) is 18.6. The van der Waals surface area contributed by atoms with Crippen LogP contribution in [-0.4, -0.2) is 15.7 Å². The van der Waals surface area contributed by atoms with E-state index in [-0.39, 0.29) is 11.8 Å². The average Bonchev–Trinajstić information content (AvgIpc) is 3.40. The number of amides is 1. The molecule has 1 amide bonds. The third-order valence-electron chi connectivity index (χ3n) is 4.92. The predicted octanol–water partition coefficient (Wildman–Crippen LogP) is 3.42. The smallest absolute Gasteiger partial charge is 0.224 e. The van der Waals surface area contributed by atoms with Crippen LogP contribution in [0.2, 0.25) is 0 Å². The average molecular weight is 361 g/mol. The molecule has 5 heteroatoms. The second-order valence-corrected chi connectivity index (χ2v) is 7.03. The van der Waals surface area contributed by atoms with E-state index in [4.69, 9.17) is 4.74 Å². The molecule has 3 aromatic rings. The minimum atomic E-state index is 0.0766. The second-order valence-electron chi connectivity index (χ2n) is 7.03. The molecule has 0 bridgehead atoms. The molecule has 1 fully saturated rings. The van der Waals surface area contributed by atoms with E-state index in [0.717, 1.165) is 28.9 Å². The van der Waals surface area contributed by atoms with Crippen molar-refractivity contribution < 1.29 is 9.53 Å². The van der Waals surface area contributed by atoms with Crippen molar-refractivity contribution in [3.63, 3.8) is 0 Å². The van der Waals surface area contributed by atoms with Crippen molar-refractivity contribution in [2.24, 2.45) is 13.0 Å². The molecule has 2 aromatic carbocycles. The van der Waals surface area contributed by atoms with Gasteiger partial charge in [0.1, 0.15) is 12.4 Å². The standard InChI is InChI=1S/C22H23N3O2/c1-25-14-18(13-24-25)20-11-21(20)22(26)23-12-16-7-9-17(10-8-16)15-27-19-5-3-2-4-6-19/h2-10,13-14,20-21H,11-12,15H2,1H3,(H,23,26). The Labute approximate surface area is 159 Å². The molecule has 2 unspecified atom stereocenters. The summed E-state index contributed by atoms with van der Waals surface area (Å²) < 4.78 is 7.53. The lowest BCUT2D eigenvalue weighted by Gasteiger charge is -2.08. The minimum absolute atomic E-state index is 0.0766. The van der Waals surface area contributed by atoms with E-state index in [1.54, 1.807) is 4.68 Å². The van der Waals surface area contributed by atoms with E-state index in [9.17, 15) is 4.79 Å².